The molecule has 0 bridgehead atoms. The number of hydrogen-bond donors (Lipinski definition) is 1. The van der Waals surface area contributed by atoms with Crippen LogP contribution in [0.15, 0.2) is 52.9 Å². The lowest BCUT2D eigenvalue weighted by atomic mass is 10.1. The summed E-state index contributed by atoms with van der Waals surface area (Å²) >= 11 is 0. The summed E-state index contributed by atoms with van der Waals surface area (Å²) in [6.45, 7) is 5.86. The highest BCUT2D eigenvalue weighted by atomic mass is 16.3. The van der Waals surface area contributed by atoms with E-state index in [1.807, 2.05) is 37.3 Å². The van der Waals surface area contributed by atoms with Crippen LogP contribution < -0.4 is 5.32 Å². The molecule has 4 rings (SSSR count). The maximum Gasteiger partial charge on any atom is 0.238 e. The van der Waals surface area contributed by atoms with Gasteiger partial charge < -0.3 is 14.6 Å². The van der Waals surface area contributed by atoms with Crippen LogP contribution in [0.4, 0.5) is 5.69 Å². The maximum atomic E-state index is 13.1. The normalized spacial score (nSPS) is 15.5. The number of rotatable bonds is 5. The lowest BCUT2D eigenvalue weighted by Crippen LogP contribution is -2.47. The van der Waals surface area contributed by atoms with Gasteiger partial charge in [-0.2, -0.15) is 0 Å². The van der Waals surface area contributed by atoms with Crippen LogP contribution in [-0.2, 0) is 4.79 Å². The van der Waals surface area contributed by atoms with Crippen LogP contribution in [0.1, 0.15) is 21.7 Å². The van der Waals surface area contributed by atoms with E-state index in [0.717, 1.165) is 37.1 Å². The molecule has 1 amide bonds. The summed E-state index contributed by atoms with van der Waals surface area (Å²) in [6.07, 6.45) is 0. The first-order valence-electron chi connectivity index (χ1n) is 9.85. The highest BCUT2D eigenvalue weighted by Gasteiger charge is 2.24. The van der Waals surface area contributed by atoms with Gasteiger partial charge in [-0.3, -0.25) is 14.5 Å². The van der Waals surface area contributed by atoms with Crippen LogP contribution in [0.2, 0.25) is 0 Å². The van der Waals surface area contributed by atoms with Crippen molar-refractivity contribution in [3.63, 3.8) is 0 Å². The Morgan fingerprint density at radius 3 is 2.41 bits per heavy atom. The second-order valence-corrected chi connectivity index (χ2v) is 7.63. The number of piperazine rings is 1. The second kappa shape index (κ2) is 8.19. The minimum absolute atomic E-state index is 0.140. The molecule has 1 N–H and O–H groups in total. The number of aryl methyl sites for hydroxylation is 1. The van der Waals surface area contributed by atoms with E-state index < -0.39 is 0 Å². The summed E-state index contributed by atoms with van der Waals surface area (Å²) < 4.78 is 5.87. The van der Waals surface area contributed by atoms with Gasteiger partial charge >= 0.3 is 0 Å². The number of amides is 1. The summed E-state index contributed by atoms with van der Waals surface area (Å²) in [7, 11) is 2.08. The van der Waals surface area contributed by atoms with Crippen LogP contribution in [0.3, 0.4) is 0 Å². The summed E-state index contributed by atoms with van der Waals surface area (Å²) in [6, 6.07) is 14.7. The molecule has 1 aliphatic rings. The van der Waals surface area contributed by atoms with Crippen molar-refractivity contribution in [2.24, 2.45) is 0 Å². The van der Waals surface area contributed by atoms with E-state index in [1.165, 1.54) is 0 Å². The second-order valence-electron chi connectivity index (χ2n) is 7.63. The van der Waals surface area contributed by atoms with Gasteiger partial charge in [0.1, 0.15) is 5.58 Å². The fraction of sp³-hybridized carbons (Fsp3) is 0.304. The molecule has 6 nitrogen and oxygen atoms in total. The molecule has 6 heteroatoms. The molecule has 0 spiro atoms. The van der Waals surface area contributed by atoms with Gasteiger partial charge in [0.2, 0.25) is 11.7 Å². The van der Waals surface area contributed by atoms with Crippen LogP contribution >= 0.6 is 0 Å². The van der Waals surface area contributed by atoms with Crippen molar-refractivity contribution < 1.29 is 14.0 Å². The Morgan fingerprint density at radius 2 is 1.69 bits per heavy atom. The molecule has 3 aromatic rings. The van der Waals surface area contributed by atoms with Gasteiger partial charge in [-0.1, -0.05) is 42.0 Å². The highest BCUT2D eigenvalue weighted by molar-refractivity contribution is 6.17. The lowest BCUT2D eigenvalue weighted by molar-refractivity contribution is -0.117. The van der Waals surface area contributed by atoms with E-state index >= 15 is 0 Å². The topological polar surface area (TPSA) is 65.8 Å². The SMILES string of the molecule is Cc1ccc(C(=O)c2oc3ccccc3c2NC(=O)CN2CCN(C)CC2)cc1. The van der Waals surface area contributed by atoms with Crippen molar-refractivity contribution in [2.45, 2.75) is 6.92 Å². The smallest absolute Gasteiger partial charge is 0.238 e. The first-order chi connectivity index (χ1) is 14.0. The number of carbonyl (C=O) groups is 2. The number of fused-ring (bicyclic) bond motifs is 1. The number of nitrogens with one attached hydrogen (secondary N) is 1. The van der Waals surface area contributed by atoms with E-state index in [2.05, 4.69) is 22.2 Å². The van der Waals surface area contributed by atoms with Gasteiger partial charge in [0, 0.05) is 37.1 Å². The molecule has 29 heavy (non-hydrogen) atoms. The first-order valence-corrected chi connectivity index (χ1v) is 9.85. The fourth-order valence-electron chi connectivity index (χ4n) is 3.55. The average molecular weight is 391 g/mol. The van der Waals surface area contributed by atoms with Gasteiger partial charge in [0.05, 0.1) is 12.2 Å². The predicted octanol–water partition coefficient (Wildman–Crippen LogP) is 3.16. The Morgan fingerprint density at radius 1 is 1.00 bits per heavy atom. The molecule has 1 saturated heterocycles. The fourth-order valence-corrected chi connectivity index (χ4v) is 3.55. The number of likely N-dealkylation sites (N-methyl/N-ethyl adjacent to an activating group) is 1. The summed E-state index contributed by atoms with van der Waals surface area (Å²) in [5.74, 6) is -0.211. The molecule has 1 aromatic heterocycles. The van der Waals surface area contributed by atoms with Crippen molar-refractivity contribution in [3.8, 4) is 0 Å². The molecular weight excluding hydrogens is 366 g/mol. The minimum atomic E-state index is -0.240. The van der Waals surface area contributed by atoms with Crippen LogP contribution in [0.25, 0.3) is 11.0 Å². The van der Waals surface area contributed by atoms with Gasteiger partial charge in [-0.25, -0.2) is 0 Å². The van der Waals surface area contributed by atoms with Crippen molar-refractivity contribution in [2.75, 3.05) is 45.1 Å². The third-order valence-electron chi connectivity index (χ3n) is 5.34. The van der Waals surface area contributed by atoms with Crippen LogP contribution in [0, 0.1) is 6.92 Å². The summed E-state index contributed by atoms with van der Waals surface area (Å²) in [4.78, 5) is 30.2. The molecule has 0 saturated carbocycles. The minimum Gasteiger partial charge on any atom is -0.450 e. The van der Waals surface area contributed by atoms with Gasteiger partial charge in [-0.15, -0.1) is 0 Å². The van der Waals surface area contributed by atoms with E-state index in [1.54, 1.807) is 18.2 Å². The Balaban J connectivity index is 1.60. The molecule has 0 unspecified atom stereocenters. The van der Waals surface area contributed by atoms with Gasteiger partial charge in [0.15, 0.2) is 5.76 Å². The molecule has 1 aliphatic heterocycles. The number of anilines is 1. The van der Waals surface area contributed by atoms with Crippen molar-refractivity contribution in [3.05, 3.63) is 65.4 Å². The zero-order valence-electron chi connectivity index (χ0n) is 16.8. The Bertz CT molecular complexity index is 1030. The average Bonchev–Trinajstić information content (AvgIpc) is 3.08. The number of nitrogens with zero attached hydrogens (tertiary/aromatic N) is 2. The number of furan rings is 1. The number of ketones is 1. The Labute approximate surface area is 170 Å². The lowest BCUT2D eigenvalue weighted by Gasteiger charge is -2.31. The molecule has 0 aliphatic carbocycles. The standard InChI is InChI=1S/C23H25N3O3/c1-16-7-9-17(10-8-16)22(28)23-21(18-5-3-4-6-19(18)29-23)24-20(27)15-26-13-11-25(2)12-14-26/h3-10H,11-15H2,1-2H3,(H,24,27). The monoisotopic (exact) mass is 391 g/mol. The zero-order valence-corrected chi connectivity index (χ0v) is 16.8. The molecular formula is C23H25N3O3. The van der Waals surface area contributed by atoms with E-state index in [-0.39, 0.29) is 17.5 Å². The number of hydrogen-bond acceptors (Lipinski definition) is 5. The third kappa shape index (κ3) is 4.23. The molecule has 0 radical (unpaired) electrons. The maximum absolute atomic E-state index is 13.1. The largest absolute Gasteiger partial charge is 0.450 e. The molecule has 2 aromatic carbocycles. The third-order valence-corrected chi connectivity index (χ3v) is 5.34. The molecule has 2 heterocycles. The molecule has 0 atom stereocenters. The Hall–Kier alpha value is -2.96. The number of carbonyl (C=O) groups excluding carboxylic acids is 2. The van der Waals surface area contributed by atoms with E-state index in [9.17, 15) is 9.59 Å². The molecule has 1 fully saturated rings. The predicted molar refractivity (Wildman–Crippen MR) is 113 cm³/mol. The van der Waals surface area contributed by atoms with Gasteiger partial charge in [0.25, 0.3) is 0 Å². The van der Waals surface area contributed by atoms with E-state index in [0.29, 0.717) is 23.4 Å². The highest BCUT2D eigenvalue weighted by Crippen LogP contribution is 2.32. The zero-order chi connectivity index (χ0) is 20.4. The van der Waals surface area contributed by atoms with Crippen LogP contribution in [0.5, 0.6) is 0 Å². The number of para-hydroxylation sites is 1. The van der Waals surface area contributed by atoms with Crippen LogP contribution in [-0.4, -0.2) is 61.3 Å². The van der Waals surface area contributed by atoms with Gasteiger partial charge in [-0.05, 0) is 26.1 Å². The van der Waals surface area contributed by atoms with E-state index in [4.69, 9.17) is 4.42 Å². The van der Waals surface area contributed by atoms with Crippen molar-refractivity contribution >= 4 is 28.3 Å². The van der Waals surface area contributed by atoms with Crippen molar-refractivity contribution in [1.29, 1.82) is 0 Å². The molecule has 150 valence electrons. The quantitative estimate of drug-likeness (QED) is 0.677. The first kappa shape index (κ1) is 19.4. The number of benzene rings is 2. The van der Waals surface area contributed by atoms with Crippen molar-refractivity contribution in [1.82, 2.24) is 9.80 Å². The Kier molecular flexibility index (Phi) is 5.47. The summed E-state index contributed by atoms with van der Waals surface area (Å²) in [5.41, 5.74) is 2.64. The summed E-state index contributed by atoms with van der Waals surface area (Å²) in [5, 5.41) is 3.68.